The zero-order valence-corrected chi connectivity index (χ0v) is 10.5. The third-order valence-corrected chi connectivity index (χ3v) is 2.79. The van der Waals surface area contributed by atoms with Gasteiger partial charge >= 0.3 is 0 Å². The monoisotopic (exact) mass is 264 g/mol. The van der Waals surface area contributed by atoms with Crippen molar-refractivity contribution in [2.75, 3.05) is 0 Å². The second kappa shape index (κ2) is 6.50. The van der Waals surface area contributed by atoms with Crippen LogP contribution < -0.4 is 10.9 Å². The van der Waals surface area contributed by atoms with Crippen LogP contribution in [0.15, 0.2) is 48.5 Å². The lowest BCUT2D eigenvalue weighted by Gasteiger charge is -2.07. The minimum Gasteiger partial charge on any atom is -0.253 e. The number of halogens is 2. The lowest BCUT2D eigenvalue weighted by Crippen LogP contribution is -2.30. The molecule has 0 unspecified atom stereocenters. The highest BCUT2D eigenvalue weighted by Gasteiger charge is 1.95. The van der Waals surface area contributed by atoms with Crippen LogP contribution in [0.2, 0.25) is 5.02 Å². The van der Waals surface area contributed by atoms with Crippen molar-refractivity contribution < 1.29 is 4.39 Å². The van der Waals surface area contributed by atoms with Gasteiger partial charge in [0.25, 0.3) is 0 Å². The first-order chi connectivity index (χ1) is 8.74. The molecule has 0 bridgehead atoms. The van der Waals surface area contributed by atoms with Gasteiger partial charge in [-0.15, -0.1) is 0 Å². The average molecular weight is 265 g/mol. The minimum atomic E-state index is -0.215. The van der Waals surface area contributed by atoms with Gasteiger partial charge in [0, 0.05) is 18.1 Å². The summed E-state index contributed by atoms with van der Waals surface area (Å²) in [6.07, 6.45) is 0. The normalized spacial score (nSPS) is 10.6. The second-order valence-electron chi connectivity index (χ2n) is 3.96. The quantitative estimate of drug-likeness (QED) is 0.640. The van der Waals surface area contributed by atoms with Crippen LogP contribution in [0.1, 0.15) is 11.1 Å². The fourth-order valence-corrected chi connectivity index (χ4v) is 1.66. The highest BCUT2D eigenvalue weighted by molar-refractivity contribution is 6.30. The molecular weight excluding hydrogens is 251 g/mol. The molecule has 2 aromatic carbocycles. The molecule has 0 amide bonds. The molecule has 0 aliphatic carbocycles. The molecule has 2 aromatic rings. The molecule has 2 N–H and O–H groups in total. The lowest BCUT2D eigenvalue weighted by molar-refractivity contribution is 0.529. The summed E-state index contributed by atoms with van der Waals surface area (Å²) in [7, 11) is 0. The summed E-state index contributed by atoms with van der Waals surface area (Å²) < 4.78 is 12.7. The Morgan fingerprint density at radius 3 is 1.72 bits per heavy atom. The van der Waals surface area contributed by atoms with Crippen LogP contribution in [0, 0.1) is 5.82 Å². The largest absolute Gasteiger partial charge is 0.253 e. The molecule has 0 saturated carbocycles. The van der Waals surface area contributed by atoms with Gasteiger partial charge in [-0.2, -0.15) is 0 Å². The maximum atomic E-state index is 12.7. The van der Waals surface area contributed by atoms with Gasteiger partial charge in [0.2, 0.25) is 0 Å². The number of nitrogens with one attached hydrogen (secondary N) is 2. The zero-order valence-electron chi connectivity index (χ0n) is 9.79. The van der Waals surface area contributed by atoms with Crippen molar-refractivity contribution in [2.45, 2.75) is 13.1 Å². The lowest BCUT2D eigenvalue weighted by atomic mass is 10.2. The van der Waals surface area contributed by atoms with Gasteiger partial charge in [0.05, 0.1) is 0 Å². The van der Waals surface area contributed by atoms with Crippen molar-refractivity contribution in [2.24, 2.45) is 0 Å². The summed E-state index contributed by atoms with van der Waals surface area (Å²) >= 11 is 5.80. The van der Waals surface area contributed by atoms with Crippen molar-refractivity contribution in [3.8, 4) is 0 Å². The van der Waals surface area contributed by atoms with E-state index < -0.39 is 0 Å². The highest BCUT2D eigenvalue weighted by Crippen LogP contribution is 2.08. The minimum absolute atomic E-state index is 0.215. The van der Waals surface area contributed by atoms with Crippen molar-refractivity contribution in [3.05, 3.63) is 70.5 Å². The van der Waals surface area contributed by atoms with Gasteiger partial charge in [0.1, 0.15) is 5.82 Å². The summed E-state index contributed by atoms with van der Waals surface area (Å²) in [6.45, 7) is 1.35. The third-order valence-electron chi connectivity index (χ3n) is 2.54. The number of rotatable bonds is 5. The Morgan fingerprint density at radius 2 is 1.22 bits per heavy atom. The van der Waals surface area contributed by atoms with E-state index in [0.29, 0.717) is 13.1 Å². The van der Waals surface area contributed by atoms with Crippen LogP contribution in [0.5, 0.6) is 0 Å². The molecule has 0 aromatic heterocycles. The molecule has 0 spiro atoms. The second-order valence-corrected chi connectivity index (χ2v) is 4.40. The van der Waals surface area contributed by atoms with Crippen molar-refractivity contribution in [1.82, 2.24) is 10.9 Å². The molecule has 0 fully saturated rings. The molecule has 94 valence electrons. The van der Waals surface area contributed by atoms with E-state index in [2.05, 4.69) is 10.9 Å². The molecular formula is C14H14ClFN2. The van der Waals surface area contributed by atoms with E-state index >= 15 is 0 Å². The van der Waals surface area contributed by atoms with Gasteiger partial charge in [-0.1, -0.05) is 35.9 Å². The van der Waals surface area contributed by atoms with Gasteiger partial charge < -0.3 is 0 Å². The zero-order chi connectivity index (χ0) is 12.8. The fourth-order valence-electron chi connectivity index (χ4n) is 1.53. The Kier molecular flexibility index (Phi) is 4.70. The molecule has 2 nitrogen and oxygen atoms in total. The molecule has 0 saturated heterocycles. The van der Waals surface area contributed by atoms with E-state index in [-0.39, 0.29) is 5.82 Å². The number of hydrogen-bond acceptors (Lipinski definition) is 2. The van der Waals surface area contributed by atoms with Crippen LogP contribution in [-0.4, -0.2) is 0 Å². The third kappa shape index (κ3) is 4.11. The van der Waals surface area contributed by atoms with Crippen LogP contribution in [0.25, 0.3) is 0 Å². The first-order valence-corrected chi connectivity index (χ1v) is 6.06. The Hall–Kier alpha value is -1.42. The average Bonchev–Trinajstić information content (AvgIpc) is 2.39. The van der Waals surface area contributed by atoms with Gasteiger partial charge in [-0.3, -0.25) is 10.9 Å². The van der Waals surface area contributed by atoms with E-state index in [9.17, 15) is 4.39 Å². The first-order valence-electron chi connectivity index (χ1n) is 5.68. The fraction of sp³-hybridized carbons (Fsp3) is 0.143. The summed E-state index contributed by atoms with van der Waals surface area (Å²) in [5.41, 5.74) is 8.35. The van der Waals surface area contributed by atoms with Crippen LogP contribution in [0.4, 0.5) is 4.39 Å². The van der Waals surface area contributed by atoms with Crippen molar-refractivity contribution in [1.29, 1.82) is 0 Å². The molecule has 0 atom stereocenters. The molecule has 0 aliphatic rings. The van der Waals surface area contributed by atoms with Crippen molar-refractivity contribution >= 4 is 11.6 Å². The van der Waals surface area contributed by atoms with Gasteiger partial charge in [0.15, 0.2) is 0 Å². The summed E-state index contributed by atoms with van der Waals surface area (Å²) in [5.74, 6) is -0.215. The Labute approximate surface area is 111 Å². The summed E-state index contributed by atoms with van der Waals surface area (Å²) in [5, 5.41) is 0.734. The number of hydrogen-bond donors (Lipinski definition) is 2. The van der Waals surface area contributed by atoms with Gasteiger partial charge in [-0.25, -0.2) is 4.39 Å². The summed E-state index contributed by atoms with van der Waals surface area (Å²) in [6, 6.07) is 14.1. The number of benzene rings is 2. The predicted molar refractivity (Wildman–Crippen MR) is 71.5 cm³/mol. The first kappa shape index (κ1) is 13.0. The van der Waals surface area contributed by atoms with E-state index in [1.54, 1.807) is 12.1 Å². The Balaban J connectivity index is 1.73. The maximum absolute atomic E-state index is 12.7. The topological polar surface area (TPSA) is 24.1 Å². The van der Waals surface area contributed by atoms with E-state index in [4.69, 9.17) is 11.6 Å². The molecule has 18 heavy (non-hydrogen) atoms. The Morgan fingerprint density at radius 1 is 0.778 bits per heavy atom. The van der Waals surface area contributed by atoms with E-state index in [1.807, 2.05) is 24.3 Å². The highest BCUT2D eigenvalue weighted by atomic mass is 35.5. The van der Waals surface area contributed by atoms with Crippen LogP contribution >= 0.6 is 11.6 Å². The van der Waals surface area contributed by atoms with Gasteiger partial charge in [-0.05, 0) is 35.4 Å². The standard InChI is InChI=1S/C14H14ClFN2/c15-13-5-1-11(2-6-13)9-17-18-10-12-3-7-14(16)8-4-12/h1-8,17-18H,9-10H2. The molecule has 0 aliphatic heterocycles. The van der Waals surface area contributed by atoms with E-state index in [1.165, 1.54) is 12.1 Å². The van der Waals surface area contributed by atoms with Crippen molar-refractivity contribution in [3.63, 3.8) is 0 Å². The SMILES string of the molecule is Fc1ccc(CNNCc2ccc(Cl)cc2)cc1. The molecule has 0 radical (unpaired) electrons. The predicted octanol–water partition coefficient (Wildman–Crippen LogP) is 3.27. The Bertz CT molecular complexity index is 435. The molecule has 2 rings (SSSR count). The maximum Gasteiger partial charge on any atom is 0.123 e. The number of hydrazine groups is 1. The van der Waals surface area contributed by atoms with Crippen LogP contribution in [-0.2, 0) is 13.1 Å². The molecule has 0 heterocycles. The summed E-state index contributed by atoms with van der Waals surface area (Å²) in [4.78, 5) is 0. The molecule has 4 heteroatoms. The smallest absolute Gasteiger partial charge is 0.123 e. The van der Waals surface area contributed by atoms with Crippen LogP contribution in [0.3, 0.4) is 0 Å². The van der Waals surface area contributed by atoms with E-state index in [0.717, 1.165) is 16.1 Å².